The van der Waals surface area contributed by atoms with Crippen molar-refractivity contribution in [2.24, 2.45) is 5.92 Å². The minimum absolute atomic E-state index is 0.124. The minimum atomic E-state index is -3.89. The lowest BCUT2D eigenvalue weighted by Gasteiger charge is -2.11. The second-order valence-electron chi connectivity index (χ2n) is 4.38. The lowest BCUT2D eigenvalue weighted by atomic mass is 10.2. The largest absolute Gasteiger partial charge is 0.347 e. The Balaban J connectivity index is 2.19. The molecule has 1 heterocycles. The molecule has 5 heteroatoms. The molecule has 4 nitrogen and oxygen atoms in total. The highest BCUT2D eigenvalue weighted by Gasteiger charge is 2.13. The van der Waals surface area contributed by atoms with Crippen molar-refractivity contribution in [2.45, 2.75) is 13.5 Å². The molecule has 1 aromatic heterocycles. The van der Waals surface area contributed by atoms with Crippen LogP contribution in [0.2, 0.25) is 0 Å². The molecule has 0 fully saturated rings. The summed E-state index contributed by atoms with van der Waals surface area (Å²) in [6.07, 6.45) is 1.94. The Hall–Kier alpha value is -1.33. The van der Waals surface area contributed by atoms with E-state index in [0.717, 1.165) is 10.9 Å². The normalized spacial score (nSPS) is 14.0. The van der Waals surface area contributed by atoms with Gasteiger partial charge in [0.2, 0.25) is 0 Å². The maximum absolute atomic E-state index is 10.8. The van der Waals surface area contributed by atoms with Crippen molar-refractivity contribution in [3.63, 3.8) is 0 Å². The molecule has 0 saturated carbocycles. The molecule has 2 rings (SSSR count). The van der Waals surface area contributed by atoms with Crippen molar-refractivity contribution in [3.05, 3.63) is 36.5 Å². The highest BCUT2D eigenvalue weighted by Crippen LogP contribution is 2.17. The molecule has 0 saturated heterocycles. The molecule has 0 unspecified atom stereocenters. The van der Waals surface area contributed by atoms with Crippen molar-refractivity contribution in [1.29, 1.82) is 0 Å². The molecule has 2 aromatic rings. The third-order valence-electron chi connectivity index (χ3n) is 2.68. The summed E-state index contributed by atoms with van der Waals surface area (Å²) < 4.78 is 32.4. The standard InChI is InChI=1S/C12H15NO3S/c1-10(9-17(14,15)16)8-13-7-6-11-4-2-3-5-12(11)13/h2-7,10H,8-9H2,1H3,(H,14,15,16)/t10-/m0/s1. The summed E-state index contributed by atoms with van der Waals surface area (Å²) in [6.45, 7) is 2.38. The van der Waals surface area contributed by atoms with E-state index in [1.807, 2.05) is 48.0 Å². The van der Waals surface area contributed by atoms with Crippen molar-refractivity contribution >= 4 is 21.0 Å². The number of rotatable bonds is 4. The van der Waals surface area contributed by atoms with Crippen LogP contribution in [0, 0.1) is 5.92 Å². The average Bonchev–Trinajstić information content (AvgIpc) is 2.59. The summed E-state index contributed by atoms with van der Waals surface area (Å²) in [7, 11) is -3.89. The van der Waals surface area contributed by atoms with Crippen LogP contribution in [0.3, 0.4) is 0 Å². The molecule has 0 aliphatic rings. The minimum Gasteiger partial charge on any atom is -0.347 e. The number of hydrogen-bond acceptors (Lipinski definition) is 2. The molecule has 0 spiro atoms. The first kappa shape index (κ1) is 12.1. The predicted octanol–water partition coefficient (Wildman–Crippen LogP) is 2.17. The van der Waals surface area contributed by atoms with E-state index in [1.165, 1.54) is 0 Å². The summed E-state index contributed by atoms with van der Waals surface area (Å²) in [5.41, 5.74) is 1.08. The highest BCUT2D eigenvalue weighted by atomic mass is 32.2. The first-order chi connectivity index (χ1) is 7.96. The number of nitrogens with zero attached hydrogens (tertiary/aromatic N) is 1. The van der Waals surface area contributed by atoms with Gasteiger partial charge in [-0.2, -0.15) is 8.42 Å². The summed E-state index contributed by atoms with van der Waals surface area (Å²) in [6, 6.07) is 9.92. The van der Waals surface area contributed by atoms with Crippen LogP contribution in [-0.4, -0.2) is 23.3 Å². The zero-order valence-electron chi connectivity index (χ0n) is 9.57. The third kappa shape index (κ3) is 3.08. The van der Waals surface area contributed by atoms with Gasteiger partial charge in [0.05, 0.1) is 5.75 Å². The van der Waals surface area contributed by atoms with Gasteiger partial charge in [-0.25, -0.2) is 0 Å². The van der Waals surface area contributed by atoms with Crippen LogP contribution in [0.15, 0.2) is 36.5 Å². The fourth-order valence-corrected chi connectivity index (χ4v) is 2.87. The summed E-state index contributed by atoms with van der Waals surface area (Å²) in [4.78, 5) is 0. The number of hydrogen-bond donors (Lipinski definition) is 1. The van der Waals surface area contributed by atoms with Crippen LogP contribution in [0.1, 0.15) is 6.92 Å². The Morgan fingerprint density at radius 1 is 1.29 bits per heavy atom. The fourth-order valence-electron chi connectivity index (χ4n) is 2.05. The van der Waals surface area contributed by atoms with E-state index in [4.69, 9.17) is 4.55 Å². The first-order valence-corrected chi connectivity index (χ1v) is 7.05. The quantitative estimate of drug-likeness (QED) is 0.849. The van der Waals surface area contributed by atoms with Gasteiger partial charge >= 0.3 is 0 Å². The molecule has 1 atom stereocenters. The second kappa shape index (κ2) is 4.50. The molecular weight excluding hydrogens is 238 g/mol. The van der Waals surface area contributed by atoms with E-state index in [1.54, 1.807) is 0 Å². The van der Waals surface area contributed by atoms with Crippen molar-refractivity contribution < 1.29 is 13.0 Å². The molecule has 1 aromatic carbocycles. The molecule has 0 radical (unpaired) electrons. The molecule has 0 aliphatic carbocycles. The van der Waals surface area contributed by atoms with Gasteiger partial charge in [0, 0.05) is 18.3 Å². The molecule has 0 aliphatic heterocycles. The number of benzene rings is 1. The van der Waals surface area contributed by atoms with E-state index in [0.29, 0.717) is 6.54 Å². The van der Waals surface area contributed by atoms with Crippen molar-refractivity contribution in [2.75, 3.05) is 5.75 Å². The van der Waals surface area contributed by atoms with Crippen LogP contribution in [-0.2, 0) is 16.7 Å². The summed E-state index contributed by atoms with van der Waals surface area (Å²) in [5, 5.41) is 1.13. The SMILES string of the molecule is C[C@@H](Cn1ccc2ccccc21)CS(=O)(=O)O. The van der Waals surface area contributed by atoms with E-state index in [2.05, 4.69) is 0 Å². The summed E-state index contributed by atoms with van der Waals surface area (Å²) in [5.74, 6) is -0.333. The molecule has 0 bridgehead atoms. The van der Waals surface area contributed by atoms with Gasteiger partial charge in [-0.3, -0.25) is 4.55 Å². The summed E-state index contributed by atoms with van der Waals surface area (Å²) >= 11 is 0. The molecule has 1 N–H and O–H groups in total. The van der Waals surface area contributed by atoms with Crippen molar-refractivity contribution in [3.8, 4) is 0 Å². The molecule has 92 valence electrons. The second-order valence-corrected chi connectivity index (χ2v) is 5.88. The zero-order chi connectivity index (χ0) is 12.5. The Kier molecular flexibility index (Phi) is 3.22. The third-order valence-corrected chi connectivity index (χ3v) is 3.67. The van der Waals surface area contributed by atoms with Crippen LogP contribution in [0.4, 0.5) is 0 Å². The topological polar surface area (TPSA) is 59.3 Å². The lowest BCUT2D eigenvalue weighted by molar-refractivity contribution is 0.455. The predicted molar refractivity (Wildman–Crippen MR) is 67.5 cm³/mol. The van der Waals surface area contributed by atoms with Gasteiger partial charge in [0.25, 0.3) is 10.1 Å². The maximum Gasteiger partial charge on any atom is 0.265 e. The Morgan fingerprint density at radius 2 is 2.00 bits per heavy atom. The van der Waals surface area contributed by atoms with E-state index < -0.39 is 10.1 Å². The van der Waals surface area contributed by atoms with Gasteiger partial charge in [-0.1, -0.05) is 25.1 Å². The lowest BCUT2D eigenvalue weighted by Crippen LogP contribution is -2.17. The molecular formula is C12H15NO3S. The first-order valence-electron chi connectivity index (χ1n) is 5.45. The number of para-hydroxylation sites is 1. The van der Waals surface area contributed by atoms with Gasteiger partial charge < -0.3 is 4.57 Å². The van der Waals surface area contributed by atoms with Crippen LogP contribution < -0.4 is 0 Å². The monoisotopic (exact) mass is 253 g/mol. The van der Waals surface area contributed by atoms with Gasteiger partial charge in [0.1, 0.15) is 0 Å². The van der Waals surface area contributed by atoms with Crippen molar-refractivity contribution in [1.82, 2.24) is 4.57 Å². The Labute approximate surface area is 101 Å². The van der Waals surface area contributed by atoms with E-state index in [9.17, 15) is 8.42 Å². The molecule has 0 amide bonds. The zero-order valence-corrected chi connectivity index (χ0v) is 10.4. The van der Waals surface area contributed by atoms with Gasteiger partial charge in [-0.05, 0) is 23.4 Å². The number of aromatic nitrogens is 1. The average molecular weight is 253 g/mol. The van der Waals surface area contributed by atoms with E-state index in [-0.39, 0.29) is 11.7 Å². The van der Waals surface area contributed by atoms with E-state index >= 15 is 0 Å². The Bertz CT molecular complexity index is 615. The maximum atomic E-state index is 10.8. The van der Waals surface area contributed by atoms with Gasteiger partial charge in [-0.15, -0.1) is 0 Å². The fraction of sp³-hybridized carbons (Fsp3) is 0.333. The highest BCUT2D eigenvalue weighted by molar-refractivity contribution is 7.85. The van der Waals surface area contributed by atoms with Crippen LogP contribution in [0.25, 0.3) is 10.9 Å². The van der Waals surface area contributed by atoms with Gasteiger partial charge in [0.15, 0.2) is 0 Å². The Morgan fingerprint density at radius 3 is 2.71 bits per heavy atom. The molecule has 17 heavy (non-hydrogen) atoms. The number of fused-ring (bicyclic) bond motifs is 1. The van der Waals surface area contributed by atoms with Crippen LogP contribution >= 0.6 is 0 Å². The van der Waals surface area contributed by atoms with Crippen LogP contribution in [0.5, 0.6) is 0 Å². The smallest absolute Gasteiger partial charge is 0.265 e.